The molecule has 2 saturated heterocycles. The van der Waals surface area contributed by atoms with Gasteiger partial charge in [-0.05, 0) is 61.9 Å². The molecule has 0 radical (unpaired) electrons. The molecule has 2 unspecified atom stereocenters. The van der Waals surface area contributed by atoms with E-state index in [1.165, 1.54) is 0 Å². The zero-order valence-corrected chi connectivity index (χ0v) is 19.3. The van der Waals surface area contributed by atoms with Crippen molar-refractivity contribution in [3.05, 3.63) is 47.4 Å². The third-order valence-electron chi connectivity index (χ3n) is 6.87. The Morgan fingerprint density at radius 1 is 1.28 bits per heavy atom. The highest BCUT2D eigenvalue weighted by molar-refractivity contribution is 6.30. The second kappa shape index (κ2) is 8.62. The highest BCUT2D eigenvalue weighted by Crippen LogP contribution is 2.37. The topological polar surface area (TPSA) is 77.2 Å². The van der Waals surface area contributed by atoms with Crippen molar-refractivity contribution < 1.29 is 4.79 Å². The van der Waals surface area contributed by atoms with E-state index in [4.69, 9.17) is 11.6 Å². The summed E-state index contributed by atoms with van der Waals surface area (Å²) in [6.07, 6.45) is 6.41. The minimum absolute atomic E-state index is 0.157. The Labute approximate surface area is 193 Å². The molecule has 0 spiro atoms. The number of anilines is 2. The van der Waals surface area contributed by atoms with E-state index < -0.39 is 0 Å². The summed E-state index contributed by atoms with van der Waals surface area (Å²) in [5, 5.41) is 5.14. The lowest BCUT2D eigenvalue weighted by atomic mass is 9.91. The quantitative estimate of drug-likeness (QED) is 0.605. The van der Waals surface area contributed by atoms with Crippen molar-refractivity contribution in [3.63, 3.8) is 0 Å². The van der Waals surface area contributed by atoms with Crippen LogP contribution in [0.25, 0.3) is 11.0 Å². The first-order valence-corrected chi connectivity index (χ1v) is 11.8. The van der Waals surface area contributed by atoms with Crippen LogP contribution >= 0.6 is 11.6 Å². The summed E-state index contributed by atoms with van der Waals surface area (Å²) in [6.45, 7) is 6.56. The lowest BCUT2D eigenvalue weighted by Gasteiger charge is -2.40. The minimum atomic E-state index is -0.269. The number of hydrogen-bond donors (Lipinski definition) is 2. The predicted molar refractivity (Wildman–Crippen MR) is 128 cm³/mol. The molecular weight excluding hydrogens is 424 g/mol. The highest BCUT2D eigenvalue weighted by atomic mass is 35.5. The number of halogens is 1. The van der Waals surface area contributed by atoms with E-state index in [1.54, 1.807) is 6.33 Å². The van der Waals surface area contributed by atoms with Gasteiger partial charge in [-0.25, -0.2) is 9.97 Å². The normalized spacial score (nSPS) is 21.6. The van der Waals surface area contributed by atoms with Crippen LogP contribution in [0.4, 0.5) is 11.5 Å². The molecule has 3 atom stereocenters. The number of aromatic amines is 1. The van der Waals surface area contributed by atoms with Gasteiger partial charge in [0, 0.05) is 36.5 Å². The number of hydrogen-bond acceptors (Lipinski definition) is 5. The largest absolute Gasteiger partial charge is 0.374 e. The van der Waals surface area contributed by atoms with Crippen LogP contribution in [0.2, 0.25) is 5.02 Å². The van der Waals surface area contributed by atoms with Crippen molar-refractivity contribution in [1.29, 1.82) is 0 Å². The Hall–Kier alpha value is -2.80. The average molecular weight is 453 g/mol. The van der Waals surface area contributed by atoms with Gasteiger partial charge in [-0.2, -0.15) is 0 Å². The molecule has 168 valence electrons. The summed E-state index contributed by atoms with van der Waals surface area (Å²) < 4.78 is 0. The van der Waals surface area contributed by atoms with Gasteiger partial charge < -0.3 is 20.1 Å². The van der Waals surface area contributed by atoms with Gasteiger partial charge in [0.25, 0.3) is 0 Å². The molecule has 0 bridgehead atoms. The Kier molecular flexibility index (Phi) is 5.67. The maximum absolute atomic E-state index is 13.5. The van der Waals surface area contributed by atoms with E-state index in [0.29, 0.717) is 17.4 Å². The van der Waals surface area contributed by atoms with Crippen molar-refractivity contribution in [2.24, 2.45) is 5.92 Å². The van der Waals surface area contributed by atoms with Gasteiger partial charge in [0.05, 0.1) is 11.4 Å². The number of carbonyl (C=O) groups excluding carboxylic acids is 1. The van der Waals surface area contributed by atoms with Gasteiger partial charge in [-0.3, -0.25) is 4.79 Å². The fourth-order valence-electron chi connectivity index (χ4n) is 5.27. The minimum Gasteiger partial charge on any atom is -0.374 e. The van der Waals surface area contributed by atoms with Crippen LogP contribution < -0.4 is 10.2 Å². The van der Waals surface area contributed by atoms with Gasteiger partial charge in [0.15, 0.2) is 0 Å². The first-order valence-electron chi connectivity index (χ1n) is 11.4. The molecule has 3 aromatic rings. The molecule has 2 aliphatic rings. The smallest absolute Gasteiger partial charge is 0.245 e. The number of carbonyl (C=O) groups is 1. The molecule has 7 nitrogen and oxygen atoms in total. The second-order valence-corrected chi connectivity index (χ2v) is 9.38. The second-order valence-electron chi connectivity index (χ2n) is 8.94. The standard InChI is InChI=1S/C24H29ClN6O/c1-3-20(29-18-11-15(2)10-17(25)12-18)24(32)30-8-5-16-6-9-31(21(16)13-30)23-19-4-7-26-22(19)27-14-28-23/h4,7,10-12,14,16,20-21,29H,3,5-6,8-9,13H2,1-2H3,(H,26,27,28)/t16?,20-,21?/m1/s1. The number of nitrogens with one attached hydrogen (secondary N) is 2. The number of likely N-dealkylation sites (tertiary alicyclic amines) is 1. The average Bonchev–Trinajstić information content (AvgIpc) is 3.42. The summed E-state index contributed by atoms with van der Waals surface area (Å²) in [6, 6.07) is 7.88. The molecule has 1 aromatic carbocycles. The fourth-order valence-corrected chi connectivity index (χ4v) is 5.56. The van der Waals surface area contributed by atoms with Crippen LogP contribution in [-0.2, 0) is 4.79 Å². The van der Waals surface area contributed by atoms with Gasteiger partial charge in [-0.1, -0.05) is 18.5 Å². The number of aromatic nitrogens is 3. The summed E-state index contributed by atoms with van der Waals surface area (Å²) in [7, 11) is 0. The summed E-state index contributed by atoms with van der Waals surface area (Å²) in [5.41, 5.74) is 2.82. The molecule has 2 aromatic heterocycles. The van der Waals surface area contributed by atoms with E-state index in [9.17, 15) is 4.79 Å². The lowest BCUT2D eigenvalue weighted by Crippen LogP contribution is -2.53. The Bertz CT molecular complexity index is 1110. The number of amides is 1. The molecule has 8 heteroatoms. The Morgan fingerprint density at radius 2 is 2.12 bits per heavy atom. The van der Waals surface area contributed by atoms with Crippen LogP contribution in [0.5, 0.6) is 0 Å². The number of piperidine rings is 1. The lowest BCUT2D eigenvalue weighted by molar-refractivity contribution is -0.133. The molecule has 32 heavy (non-hydrogen) atoms. The Morgan fingerprint density at radius 3 is 2.94 bits per heavy atom. The zero-order valence-electron chi connectivity index (χ0n) is 18.5. The number of fused-ring (bicyclic) bond motifs is 2. The maximum atomic E-state index is 13.5. The summed E-state index contributed by atoms with van der Waals surface area (Å²) in [5.74, 6) is 1.72. The molecule has 2 N–H and O–H groups in total. The van der Waals surface area contributed by atoms with E-state index in [1.807, 2.05) is 49.2 Å². The number of benzene rings is 1. The molecule has 4 heterocycles. The monoisotopic (exact) mass is 452 g/mol. The van der Waals surface area contributed by atoms with Crippen molar-refractivity contribution in [2.75, 3.05) is 29.9 Å². The molecule has 2 aliphatic heterocycles. The van der Waals surface area contributed by atoms with Crippen molar-refractivity contribution >= 4 is 40.0 Å². The van der Waals surface area contributed by atoms with E-state index in [2.05, 4.69) is 25.2 Å². The number of nitrogens with zero attached hydrogens (tertiary/aromatic N) is 4. The van der Waals surface area contributed by atoms with Gasteiger partial charge in [-0.15, -0.1) is 0 Å². The maximum Gasteiger partial charge on any atom is 0.245 e. The van der Waals surface area contributed by atoms with E-state index >= 15 is 0 Å². The van der Waals surface area contributed by atoms with E-state index in [0.717, 1.165) is 60.6 Å². The predicted octanol–water partition coefficient (Wildman–Crippen LogP) is 4.24. The third-order valence-corrected chi connectivity index (χ3v) is 7.09. The molecule has 2 fully saturated rings. The Balaban J connectivity index is 1.34. The molecular formula is C24H29ClN6O. The van der Waals surface area contributed by atoms with Crippen LogP contribution in [0.1, 0.15) is 31.7 Å². The summed E-state index contributed by atoms with van der Waals surface area (Å²) >= 11 is 6.22. The number of aryl methyl sites for hydroxylation is 1. The number of H-pyrrole nitrogens is 1. The summed E-state index contributed by atoms with van der Waals surface area (Å²) in [4.78, 5) is 30.0. The molecule has 5 rings (SSSR count). The molecule has 1 amide bonds. The van der Waals surface area contributed by atoms with Crippen molar-refractivity contribution in [2.45, 2.75) is 45.2 Å². The van der Waals surface area contributed by atoms with Crippen molar-refractivity contribution in [1.82, 2.24) is 19.9 Å². The van der Waals surface area contributed by atoms with Gasteiger partial charge >= 0.3 is 0 Å². The molecule has 0 saturated carbocycles. The van der Waals surface area contributed by atoms with Crippen molar-refractivity contribution in [3.8, 4) is 0 Å². The van der Waals surface area contributed by atoms with Gasteiger partial charge in [0.1, 0.15) is 23.8 Å². The van der Waals surface area contributed by atoms with Crippen LogP contribution in [0.3, 0.4) is 0 Å². The van der Waals surface area contributed by atoms with E-state index in [-0.39, 0.29) is 18.0 Å². The number of rotatable bonds is 5. The van der Waals surface area contributed by atoms with Crippen LogP contribution in [0, 0.1) is 12.8 Å². The molecule has 0 aliphatic carbocycles. The van der Waals surface area contributed by atoms with Crippen LogP contribution in [-0.4, -0.2) is 57.5 Å². The third kappa shape index (κ3) is 3.90. The van der Waals surface area contributed by atoms with Crippen LogP contribution in [0.15, 0.2) is 36.8 Å². The zero-order chi connectivity index (χ0) is 22.2. The first-order chi connectivity index (χ1) is 15.5. The highest BCUT2D eigenvalue weighted by Gasteiger charge is 2.41. The first kappa shape index (κ1) is 21.1. The SMILES string of the molecule is CC[C@@H](Nc1cc(C)cc(Cl)c1)C(=O)N1CCC2CCN(c3ncnc4[nH]ccc34)C2C1. The van der Waals surface area contributed by atoms with Gasteiger partial charge in [0.2, 0.25) is 5.91 Å². The fraction of sp³-hybridized carbons (Fsp3) is 0.458.